The summed E-state index contributed by atoms with van der Waals surface area (Å²) in [6.45, 7) is 5.27. The minimum Gasteiger partial charge on any atom is -0.349 e. The molecule has 0 spiro atoms. The maximum atomic E-state index is 5.51. The van der Waals surface area contributed by atoms with E-state index in [0.29, 0.717) is 11.9 Å². The first kappa shape index (κ1) is 13.3. The Morgan fingerprint density at radius 1 is 1.50 bits per heavy atom. The van der Waals surface area contributed by atoms with Crippen molar-refractivity contribution in [2.75, 3.05) is 16.9 Å². The molecule has 0 radical (unpaired) electrons. The molecule has 2 aromatic rings. The summed E-state index contributed by atoms with van der Waals surface area (Å²) < 4.78 is 0. The third-order valence-electron chi connectivity index (χ3n) is 3.79. The van der Waals surface area contributed by atoms with E-state index >= 15 is 0 Å². The lowest BCUT2D eigenvalue weighted by atomic mass is 10.0. The van der Waals surface area contributed by atoms with Gasteiger partial charge in [-0.3, -0.25) is 0 Å². The Balaban J connectivity index is 1.97. The zero-order chi connectivity index (χ0) is 14.1. The van der Waals surface area contributed by atoms with Gasteiger partial charge in [-0.05, 0) is 30.4 Å². The van der Waals surface area contributed by atoms with Crippen LogP contribution in [0.1, 0.15) is 36.2 Å². The van der Waals surface area contributed by atoms with E-state index in [9.17, 15) is 0 Å². The second-order valence-corrected chi connectivity index (χ2v) is 5.94. The quantitative estimate of drug-likeness (QED) is 0.671. The van der Waals surface area contributed by atoms with Crippen LogP contribution in [-0.2, 0) is 12.8 Å². The van der Waals surface area contributed by atoms with Crippen molar-refractivity contribution in [3.63, 3.8) is 0 Å². The second kappa shape index (κ2) is 5.38. The van der Waals surface area contributed by atoms with E-state index in [4.69, 9.17) is 5.84 Å². The number of hydrazine groups is 1. The lowest BCUT2D eigenvalue weighted by Crippen LogP contribution is -2.34. The van der Waals surface area contributed by atoms with Crippen molar-refractivity contribution >= 4 is 23.0 Å². The van der Waals surface area contributed by atoms with Gasteiger partial charge in [-0.25, -0.2) is 15.8 Å². The van der Waals surface area contributed by atoms with Crippen molar-refractivity contribution in [1.29, 1.82) is 0 Å². The molecule has 6 heteroatoms. The van der Waals surface area contributed by atoms with Gasteiger partial charge in [0.05, 0.1) is 6.04 Å². The summed E-state index contributed by atoms with van der Waals surface area (Å²) in [4.78, 5) is 12.8. The Labute approximate surface area is 122 Å². The number of nitrogens with one attached hydrogen (secondary N) is 1. The summed E-state index contributed by atoms with van der Waals surface area (Å²) in [5.74, 6) is 7.96. The van der Waals surface area contributed by atoms with E-state index in [0.717, 1.165) is 31.0 Å². The third kappa shape index (κ3) is 2.25. The van der Waals surface area contributed by atoms with E-state index in [-0.39, 0.29) is 0 Å². The van der Waals surface area contributed by atoms with Gasteiger partial charge in [0.2, 0.25) is 0 Å². The molecule has 0 saturated carbocycles. The van der Waals surface area contributed by atoms with Crippen molar-refractivity contribution in [3.05, 3.63) is 33.8 Å². The largest absolute Gasteiger partial charge is 0.349 e. The smallest absolute Gasteiger partial charge is 0.145 e. The Bertz CT molecular complexity index is 587. The molecule has 0 bridgehead atoms. The molecule has 0 aromatic carbocycles. The molecule has 0 fully saturated rings. The van der Waals surface area contributed by atoms with Crippen LogP contribution in [0.15, 0.2) is 17.5 Å². The maximum absolute atomic E-state index is 5.51. The topological polar surface area (TPSA) is 67.1 Å². The van der Waals surface area contributed by atoms with Crippen LogP contribution in [0.25, 0.3) is 0 Å². The minimum absolute atomic E-state index is 0.343. The third-order valence-corrected chi connectivity index (χ3v) is 4.79. The number of aryl methyl sites for hydroxylation is 1. The fourth-order valence-corrected chi connectivity index (χ4v) is 3.65. The SMILES string of the molecule is CCc1nc(NN)cc(N2CCc3sccc3C2C)n1. The molecule has 106 valence electrons. The van der Waals surface area contributed by atoms with Crippen molar-refractivity contribution in [3.8, 4) is 0 Å². The minimum atomic E-state index is 0.343. The summed E-state index contributed by atoms with van der Waals surface area (Å²) >= 11 is 1.85. The molecule has 1 aliphatic rings. The van der Waals surface area contributed by atoms with Gasteiger partial charge in [-0.1, -0.05) is 6.92 Å². The number of thiophene rings is 1. The molecule has 3 N–H and O–H groups in total. The van der Waals surface area contributed by atoms with Crippen LogP contribution in [0.4, 0.5) is 11.6 Å². The fraction of sp³-hybridized carbons (Fsp3) is 0.429. The van der Waals surface area contributed by atoms with Crippen LogP contribution < -0.4 is 16.2 Å². The highest BCUT2D eigenvalue weighted by molar-refractivity contribution is 7.10. The molecular formula is C14H19N5S. The Hall–Kier alpha value is -1.66. The van der Waals surface area contributed by atoms with Crippen LogP contribution in [0.2, 0.25) is 0 Å². The summed E-state index contributed by atoms with van der Waals surface area (Å²) in [7, 11) is 0. The first-order valence-electron chi connectivity index (χ1n) is 6.90. The highest BCUT2D eigenvalue weighted by atomic mass is 32.1. The number of nitrogens with two attached hydrogens (primary N) is 1. The summed E-state index contributed by atoms with van der Waals surface area (Å²) in [6, 6.07) is 4.49. The van der Waals surface area contributed by atoms with Crippen molar-refractivity contribution in [1.82, 2.24) is 9.97 Å². The van der Waals surface area contributed by atoms with Crippen molar-refractivity contribution in [2.24, 2.45) is 5.84 Å². The van der Waals surface area contributed by atoms with E-state index in [2.05, 4.69) is 45.6 Å². The lowest BCUT2D eigenvalue weighted by molar-refractivity contribution is 0.622. The van der Waals surface area contributed by atoms with Crippen LogP contribution in [-0.4, -0.2) is 16.5 Å². The van der Waals surface area contributed by atoms with Crippen molar-refractivity contribution in [2.45, 2.75) is 32.7 Å². The summed E-state index contributed by atoms with van der Waals surface area (Å²) in [5.41, 5.74) is 4.05. The Morgan fingerprint density at radius 3 is 3.10 bits per heavy atom. The zero-order valence-electron chi connectivity index (χ0n) is 11.8. The molecule has 3 heterocycles. The van der Waals surface area contributed by atoms with Crippen molar-refractivity contribution < 1.29 is 0 Å². The van der Waals surface area contributed by atoms with Gasteiger partial charge < -0.3 is 10.3 Å². The Morgan fingerprint density at radius 2 is 2.35 bits per heavy atom. The van der Waals surface area contributed by atoms with Gasteiger partial charge in [-0.2, -0.15) is 0 Å². The number of hydrogen-bond acceptors (Lipinski definition) is 6. The van der Waals surface area contributed by atoms with Gasteiger partial charge >= 0.3 is 0 Å². The van der Waals surface area contributed by atoms with Crippen LogP contribution >= 0.6 is 11.3 Å². The predicted molar refractivity (Wildman–Crippen MR) is 83.0 cm³/mol. The number of nitrogens with zero attached hydrogens (tertiary/aromatic N) is 3. The standard InChI is InChI=1S/C14H19N5S/c1-3-12-16-13(18-15)8-14(17-12)19-6-4-11-10(9(19)2)5-7-20-11/h5,7-9H,3-4,6,15H2,1-2H3,(H,16,17,18). The highest BCUT2D eigenvalue weighted by Gasteiger charge is 2.26. The zero-order valence-corrected chi connectivity index (χ0v) is 12.6. The average molecular weight is 289 g/mol. The number of rotatable bonds is 3. The molecule has 0 aliphatic carbocycles. The first-order chi connectivity index (χ1) is 9.72. The molecule has 1 unspecified atom stereocenters. The number of anilines is 2. The number of aromatic nitrogens is 2. The van der Waals surface area contributed by atoms with E-state index < -0.39 is 0 Å². The molecule has 1 aliphatic heterocycles. The van der Waals surface area contributed by atoms with Crippen LogP contribution in [0, 0.1) is 0 Å². The van der Waals surface area contributed by atoms with E-state index in [1.54, 1.807) is 0 Å². The maximum Gasteiger partial charge on any atom is 0.145 e. The fourth-order valence-electron chi connectivity index (χ4n) is 2.68. The first-order valence-corrected chi connectivity index (χ1v) is 7.78. The molecule has 20 heavy (non-hydrogen) atoms. The summed E-state index contributed by atoms with van der Waals surface area (Å²) in [5, 5.41) is 2.18. The molecule has 2 aromatic heterocycles. The highest BCUT2D eigenvalue weighted by Crippen LogP contribution is 2.35. The normalized spacial score (nSPS) is 17.9. The molecule has 1 atom stereocenters. The van der Waals surface area contributed by atoms with Crippen LogP contribution in [0.5, 0.6) is 0 Å². The molecule has 0 amide bonds. The monoisotopic (exact) mass is 289 g/mol. The molecule has 3 rings (SSSR count). The second-order valence-electron chi connectivity index (χ2n) is 4.94. The Kier molecular flexibility index (Phi) is 3.58. The molecule has 0 saturated heterocycles. The van der Waals surface area contributed by atoms with Gasteiger partial charge in [-0.15, -0.1) is 11.3 Å². The van der Waals surface area contributed by atoms with E-state index in [1.807, 2.05) is 17.4 Å². The number of hydrogen-bond donors (Lipinski definition) is 2. The summed E-state index contributed by atoms with van der Waals surface area (Å²) in [6.07, 6.45) is 1.88. The number of nitrogen functional groups attached to an aromatic ring is 1. The van der Waals surface area contributed by atoms with Gasteiger partial charge in [0.1, 0.15) is 17.5 Å². The molecular weight excluding hydrogens is 270 g/mol. The van der Waals surface area contributed by atoms with Gasteiger partial charge in [0.15, 0.2) is 0 Å². The van der Waals surface area contributed by atoms with Gasteiger partial charge in [0.25, 0.3) is 0 Å². The molecule has 5 nitrogen and oxygen atoms in total. The number of fused-ring (bicyclic) bond motifs is 1. The lowest BCUT2D eigenvalue weighted by Gasteiger charge is -2.34. The average Bonchev–Trinajstić information content (AvgIpc) is 2.96. The van der Waals surface area contributed by atoms with Gasteiger partial charge in [0, 0.05) is 23.9 Å². The van der Waals surface area contributed by atoms with Crippen LogP contribution in [0.3, 0.4) is 0 Å². The van der Waals surface area contributed by atoms with E-state index in [1.165, 1.54) is 10.4 Å². The predicted octanol–water partition coefficient (Wildman–Crippen LogP) is 2.51.